The summed E-state index contributed by atoms with van der Waals surface area (Å²) in [6.45, 7) is 3.86. The van der Waals surface area contributed by atoms with Crippen LogP contribution in [0.5, 0.6) is 0 Å². The van der Waals surface area contributed by atoms with Gasteiger partial charge in [0.25, 0.3) is 0 Å². The summed E-state index contributed by atoms with van der Waals surface area (Å²) in [4.78, 5) is 2.17. The van der Waals surface area contributed by atoms with Crippen LogP contribution in [-0.2, 0) is 23.2 Å². The smallest absolute Gasteiger partial charge is 0.115 e. The Hall–Kier alpha value is -1.64. The molecule has 2 heteroatoms. The van der Waals surface area contributed by atoms with E-state index < -0.39 is 5.60 Å². The van der Waals surface area contributed by atoms with Gasteiger partial charge < -0.3 is 9.64 Å². The van der Waals surface area contributed by atoms with Crippen molar-refractivity contribution in [3.05, 3.63) is 70.8 Å². The van der Waals surface area contributed by atoms with Gasteiger partial charge >= 0.3 is 0 Å². The quantitative estimate of drug-likeness (QED) is 0.702. The average Bonchev–Trinajstić information content (AvgIpc) is 2.86. The molecule has 0 bridgehead atoms. The first-order chi connectivity index (χ1) is 12.1. The van der Waals surface area contributed by atoms with Crippen molar-refractivity contribution in [2.75, 3.05) is 27.2 Å². The van der Waals surface area contributed by atoms with Crippen molar-refractivity contribution in [2.24, 2.45) is 0 Å². The molecule has 0 heterocycles. The van der Waals surface area contributed by atoms with Crippen LogP contribution in [0.2, 0.25) is 0 Å². The second kappa shape index (κ2) is 8.16. The van der Waals surface area contributed by atoms with Gasteiger partial charge in [-0.1, -0.05) is 55.0 Å². The molecular weight excluding hydrogens is 306 g/mol. The lowest BCUT2D eigenvalue weighted by Gasteiger charge is -2.32. The first-order valence-electron chi connectivity index (χ1n) is 9.56. The number of nitrogens with zero attached hydrogens (tertiary/aromatic N) is 1. The molecule has 0 spiro atoms. The first-order valence-corrected chi connectivity index (χ1v) is 9.56. The molecular formula is C23H31NO. The van der Waals surface area contributed by atoms with Gasteiger partial charge in [0.2, 0.25) is 0 Å². The highest BCUT2D eigenvalue weighted by Gasteiger charge is 2.30. The van der Waals surface area contributed by atoms with E-state index in [9.17, 15) is 0 Å². The van der Waals surface area contributed by atoms with Gasteiger partial charge in [-0.25, -0.2) is 0 Å². The highest BCUT2D eigenvalue weighted by atomic mass is 16.5. The topological polar surface area (TPSA) is 12.5 Å². The third-order valence-corrected chi connectivity index (χ3v) is 5.40. The third-order valence-electron chi connectivity index (χ3n) is 5.40. The van der Waals surface area contributed by atoms with E-state index in [1.165, 1.54) is 54.4 Å². The second-order valence-corrected chi connectivity index (χ2v) is 7.60. The fourth-order valence-electron chi connectivity index (χ4n) is 3.73. The van der Waals surface area contributed by atoms with Crippen LogP contribution in [0.25, 0.3) is 0 Å². The van der Waals surface area contributed by atoms with Crippen molar-refractivity contribution in [2.45, 2.75) is 44.6 Å². The van der Waals surface area contributed by atoms with E-state index in [1.807, 2.05) is 0 Å². The molecule has 0 fully saturated rings. The van der Waals surface area contributed by atoms with Gasteiger partial charge in [-0.3, -0.25) is 0 Å². The Kier molecular flexibility index (Phi) is 5.93. The lowest BCUT2D eigenvalue weighted by Crippen LogP contribution is -2.31. The number of fused-ring (bicyclic) bond motifs is 1. The molecule has 0 radical (unpaired) electrons. The maximum absolute atomic E-state index is 6.49. The Morgan fingerprint density at radius 1 is 0.880 bits per heavy atom. The summed E-state index contributed by atoms with van der Waals surface area (Å²) in [6.07, 6.45) is 6.39. The number of benzene rings is 2. The van der Waals surface area contributed by atoms with Gasteiger partial charge in [0.05, 0.1) is 6.61 Å². The van der Waals surface area contributed by atoms with Crippen molar-refractivity contribution >= 4 is 0 Å². The van der Waals surface area contributed by atoms with Crippen molar-refractivity contribution < 1.29 is 4.74 Å². The molecule has 0 saturated carbocycles. The van der Waals surface area contributed by atoms with Crippen LogP contribution in [0.15, 0.2) is 48.5 Å². The van der Waals surface area contributed by atoms with Gasteiger partial charge in [-0.05, 0) is 69.0 Å². The predicted molar refractivity (Wildman–Crippen MR) is 105 cm³/mol. The molecule has 25 heavy (non-hydrogen) atoms. The van der Waals surface area contributed by atoms with Gasteiger partial charge in [-0.15, -0.1) is 0 Å². The number of aryl methyl sites for hydroxylation is 2. The van der Waals surface area contributed by atoms with Crippen LogP contribution in [0, 0.1) is 0 Å². The van der Waals surface area contributed by atoms with Gasteiger partial charge in [0.15, 0.2) is 0 Å². The van der Waals surface area contributed by atoms with Gasteiger partial charge in [0, 0.05) is 6.54 Å². The molecule has 0 aromatic heterocycles. The molecule has 0 amide bonds. The van der Waals surface area contributed by atoms with Crippen LogP contribution < -0.4 is 0 Å². The summed E-state index contributed by atoms with van der Waals surface area (Å²) in [6, 6.07) is 17.7. The Labute approximate surface area is 152 Å². The van der Waals surface area contributed by atoms with Gasteiger partial charge in [-0.2, -0.15) is 0 Å². The van der Waals surface area contributed by atoms with E-state index in [2.05, 4.69) is 74.4 Å². The lowest BCUT2D eigenvalue weighted by molar-refractivity contribution is -0.0102. The zero-order valence-corrected chi connectivity index (χ0v) is 15.9. The molecule has 0 N–H and O–H groups in total. The zero-order valence-electron chi connectivity index (χ0n) is 15.9. The van der Waals surface area contributed by atoms with E-state index in [4.69, 9.17) is 4.74 Å². The normalized spacial score (nSPS) is 17.0. The summed E-state index contributed by atoms with van der Waals surface area (Å²) in [7, 11) is 4.18. The number of rotatable bonds is 6. The van der Waals surface area contributed by atoms with E-state index >= 15 is 0 Å². The van der Waals surface area contributed by atoms with Crippen molar-refractivity contribution in [3.63, 3.8) is 0 Å². The van der Waals surface area contributed by atoms with E-state index in [0.29, 0.717) is 0 Å². The third kappa shape index (κ3) is 4.31. The molecule has 1 atom stereocenters. The summed E-state index contributed by atoms with van der Waals surface area (Å²) in [5.74, 6) is 0. The molecule has 134 valence electrons. The second-order valence-electron chi connectivity index (χ2n) is 7.60. The predicted octanol–water partition coefficient (Wildman–Crippen LogP) is 4.80. The van der Waals surface area contributed by atoms with Gasteiger partial charge in [0.1, 0.15) is 5.60 Å². The Morgan fingerprint density at radius 2 is 1.60 bits per heavy atom. The monoisotopic (exact) mass is 337 g/mol. The highest BCUT2D eigenvalue weighted by Crippen LogP contribution is 2.35. The molecule has 1 aliphatic carbocycles. The highest BCUT2D eigenvalue weighted by molar-refractivity contribution is 5.41. The maximum Gasteiger partial charge on any atom is 0.115 e. The van der Waals surface area contributed by atoms with E-state index in [0.717, 1.165) is 13.2 Å². The number of likely N-dealkylation sites (N-methyl/N-ethyl adjacent to an activating group) is 1. The Morgan fingerprint density at radius 3 is 2.32 bits per heavy atom. The summed E-state index contributed by atoms with van der Waals surface area (Å²) < 4.78 is 6.49. The van der Waals surface area contributed by atoms with Crippen molar-refractivity contribution in [1.29, 1.82) is 0 Å². The molecule has 0 saturated heterocycles. The van der Waals surface area contributed by atoms with Crippen LogP contribution in [0.3, 0.4) is 0 Å². The standard InChI is InChI=1S/C23H31NO/c1-23(25-17-16-24(2)3,21-12-8-5-9-13-21)22-15-14-19-10-6-4-7-11-20(19)18-22/h5,8-9,12-15,18H,4,6-7,10-11,16-17H2,1-3H3. The first kappa shape index (κ1) is 18.2. The molecule has 3 rings (SSSR count). The zero-order chi connectivity index (χ0) is 17.7. The molecule has 0 aliphatic heterocycles. The van der Waals surface area contributed by atoms with Crippen molar-refractivity contribution in [1.82, 2.24) is 4.90 Å². The van der Waals surface area contributed by atoms with E-state index in [1.54, 1.807) is 0 Å². The minimum atomic E-state index is -0.404. The summed E-state index contributed by atoms with van der Waals surface area (Å²) in [5, 5.41) is 0. The van der Waals surface area contributed by atoms with Crippen molar-refractivity contribution in [3.8, 4) is 0 Å². The largest absolute Gasteiger partial charge is 0.365 e. The maximum atomic E-state index is 6.49. The molecule has 2 nitrogen and oxygen atoms in total. The fourth-order valence-corrected chi connectivity index (χ4v) is 3.73. The SMILES string of the molecule is CN(C)CCOC(C)(c1ccccc1)c1ccc2c(c1)CCCCC2. The molecule has 1 unspecified atom stereocenters. The number of hydrogen-bond acceptors (Lipinski definition) is 2. The average molecular weight is 338 g/mol. The summed E-state index contributed by atoms with van der Waals surface area (Å²) >= 11 is 0. The summed E-state index contributed by atoms with van der Waals surface area (Å²) in [5.41, 5.74) is 5.15. The van der Waals surface area contributed by atoms with Crippen LogP contribution >= 0.6 is 0 Å². The minimum absolute atomic E-state index is 0.404. The van der Waals surface area contributed by atoms with Crippen LogP contribution in [-0.4, -0.2) is 32.1 Å². The van der Waals surface area contributed by atoms with E-state index in [-0.39, 0.29) is 0 Å². The fraction of sp³-hybridized carbons (Fsp3) is 0.478. The molecule has 2 aromatic carbocycles. The lowest BCUT2D eigenvalue weighted by atomic mass is 9.85. The molecule has 1 aliphatic rings. The van der Waals surface area contributed by atoms with Crippen LogP contribution in [0.1, 0.15) is 48.4 Å². The Bertz CT molecular complexity index is 680. The van der Waals surface area contributed by atoms with Crippen LogP contribution in [0.4, 0.5) is 0 Å². The minimum Gasteiger partial charge on any atom is -0.365 e. The Balaban J connectivity index is 1.95. The molecule has 2 aromatic rings. The number of hydrogen-bond donors (Lipinski definition) is 0. The number of ether oxygens (including phenoxy) is 1.